The fourth-order valence-electron chi connectivity index (χ4n) is 3.97. The first-order valence-corrected chi connectivity index (χ1v) is 9.53. The Hall–Kier alpha value is -0.850. The van der Waals surface area contributed by atoms with E-state index in [1.807, 2.05) is 12.1 Å². The van der Waals surface area contributed by atoms with E-state index >= 15 is 0 Å². The van der Waals surface area contributed by atoms with Crippen LogP contribution < -0.4 is 11.1 Å². The van der Waals surface area contributed by atoms with Crippen molar-refractivity contribution in [2.45, 2.75) is 70.4 Å². The standard InChI is InChI=1S/C20H31N3O2.2ClH/c1-14-11-23(12-15(2)25-14)13-16-3-5-17(6-4-16)20(24)22-19-9-7-18(21)8-10-19;;/h3-6,14-15,18-19H,7-13,21H2,1-2H3,(H,22,24);2*1H. The Bertz CT molecular complexity index is 567. The van der Waals surface area contributed by atoms with E-state index in [0.29, 0.717) is 6.04 Å². The van der Waals surface area contributed by atoms with Gasteiger partial charge in [-0.25, -0.2) is 0 Å². The molecule has 1 aromatic rings. The molecule has 1 aliphatic heterocycles. The number of carbonyl (C=O) groups is 1. The zero-order chi connectivity index (χ0) is 17.8. The van der Waals surface area contributed by atoms with Crippen molar-refractivity contribution in [3.63, 3.8) is 0 Å². The summed E-state index contributed by atoms with van der Waals surface area (Å²) in [4.78, 5) is 14.8. The first-order valence-electron chi connectivity index (χ1n) is 9.53. The van der Waals surface area contributed by atoms with E-state index in [1.165, 1.54) is 5.56 Å². The van der Waals surface area contributed by atoms with E-state index in [2.05, 4.69) is 36.2 Å². The summed E-state index contributed by atoms with van der Waals surface area (Å²) in [6.07, 6.45) is 4.52. The van der Waals surface area contributed by atoms with Crippen LogP contribution in [0.25, 0.3) is 0 Å². The number of nitrogens with two attached hydrogens (primary N) is 1. The van der Waals surface area contributed by atoms with Gasteiger partial charge >= 0.3 is 0 Å². The highest BCUT2D eigenvalue weighted by Gasteiger charge is 2.23. The number of ether oxygens (including phenoxy) is 1. The van der Waals surface area contributed by atoms with E-state index in [9.17, 15) is 4.79 Å². The highest BCUT2D eigenvalue weighted by molar-refractivity contribution is 5.94. The van der Waals surface area contributed by atoms with Gasteiger partial charge in [0.05, 0.1) is 12.2 Å². The molecule has 0 spiro atoms. The molecule has 1 amide bonds. The Kier molecular flexibility index (Phi) is 10.1. The van der Waals surface area contributed by atoms with Crippen LogP contribution in [-0.2, 0) is 11.3 Å². The second-order valence-corrected chi connectivity index (χ2v) is 7.73. The summed E-state index contributed by atoms with van der Waals surface area (Å²) in [7, 11) is 0. The molecule has 0 bridgehead atoms. The molecule has 7 heteroatoms. The quantitative estimate of drug-likeness (QED) is 0.789. The molecule has 3 N–H and O–H groups in total. The van der Waals surface area contributed by atoms with E-state index < -0.39 is 0 Å². The maximum atomic E-state index is 12.4. The van der Waals surface area contributed by atoms with Gasteiger partial charge in [0.15, 0.2) is 0 Å². The minimum absolute atomic E-state index is 0. The van der Waals surface area contributed by atoms with Gasteiger partial charge in [-0.1, -0.05) is 12.1 Å². The number of benzene rings is 1. The monoisotopic (exact) mass is 417 g/mol. The van der Waals surface area contributed by atoms with Gasteiger partial charge in [-0.15, -0.1) is 24.8 Å². The van der Waals surface area contributed by atoms with Crippen LogP contribution in [0, 0.1) is 0 Å². The molecule has 1 saturated carbocycles. The Morgan fingerprint density at radius 2 is 1.63 bits per heavy atom. The molecule has 2 atom stereocenters. The van der Waals surface area contributed by atoms with Crippen molar-refractivity contribution >= 4 is 30.7 Å². The fourth-order valence-corrected chi connectivity index (χ4v) is 3.97. The number of amides is 1. The average Bonchev–Trinajstić information content (AvgIpc) is 2.56. The van der Waals surface area contributed by atoms with Crippen molar-refractivity contribution in [1.82, 2.24) is 10.2 Å². The molecule has 1 aliphatic carbocycles. The number of hydrogen-bond donors (Lipinski definition) is 2. The summed E-state index contributed by atoms with van der Waals surface area (Å²) in [6.45, 7) is 7.05. The van der Waals surface area contributed by atoms with Crippen molar-refractivity contribution in [1.29, 1.82) is 0 Å². The van der Waals surface area contributed by atoms with Crippen LogP contribution in [0.1, 0.15) is 55.5 Å². The van der Waals surface area contributed by atoms with Gasteiger partial charge in [0, 0.05) is 37.3 Å². The molecule has 5 nitrogen and oxygen atoms in total. The van der Waals surface area contributed by atoms with Crippen molar-refractivity contribution in [2.24, 2.45) is 5.73 Å². The van der Waals surface area contributed by atoms with Gasteiger partial charge in [0.1, 0.15) is 0 Å². The van der Waals surface area contributed by atoms with Crippen molar-refractivity contribution in [3.05, 3.63) is 35.4 Å². The number of halogens is 2. The third-order valence-electron chi connectivity index (χ3n) is 5.22. The molecular weight excluding hydrogens is 385 g/mol. The lowest BCUT2D eigenvalue weighted by atomic mass is 9.91. The van der Waals surface area contributed by atoms with E-state index in [-0.39, 0.29) is 49.0 Å². The minimum Gasteiger partial charge on any atom is -0.373 e. The zero-order valence-electron chi connectivity index (χ0n) is 16.2. The second kappa shape index (κ2) is 11.2. The third-order valence-corrected chi connectivity index (χ3v) is 5.22. The highest BCUT2D eigenvalue weighted by Crippen LogP contribution is 2.18. The molecule has 2 aliphatic rings. The summed E-state index contributed by atoms with van der Waals surface area (Å²) in [6, 6.07) is 8.58. The lowest BCUT2D eigenvalue weighted by molar-refractivity contribution is -0.0704. The van der Waals surface area contributed by atoms with Crippen LogP contribution in [-0.4, -0.2) is 48.2 Å². The molecule has 0 aromatic heterocycles. The molecule has 1 aromatic carbocycles. The molecule has 0 radical (unpaired) electrons. The Morgan fingerprint density at radius 1 is 1.07 bits per heavy atom. The van der Waals surface area contributed by atoms with Gasteiger partial charge in [-0.3, -0.25) is 9.69 Å². The number of carbonyl (C=O) groups excluding carboxylic acids is 1. The van der Waals surface area contributed by atoms with Crippen LogP contribution in [0.2, 0.25) is 0 Å². The largest absolute Gasteiger partial charge is 0.373 e. The summed E-state index contributed by atoms with van der Waals surface area (Å²) in [5.74, 6) is 0.0284. The van der Waals surface area contributed by atoms with Gasteiger partial charge in [-0.05, 0) is 57.2 Å². The molecule has 1 heterocycles. The van der Waals surface area contributed by atoms with Gasteiger partial charge < -0.3 is 15.8 Å². The van der Waals surface area contributed by atoms with E-state index in [4.69, 9.17) is 10.5 Å². The zero-order valence-corrected chi connectivity index (χ0v) is 17.9. The third kappa shape index (κ3) is 7.24. The van der Waals surface area contributed by atoms with Crippen LogP contribution in [0.3, 0.4) is 0 Å². The first kappa shape index (κ1) is 24.2. The average molecular weight is 418 g/mol. The fraction of sp³-hybridized carbons (Fsp3) is 0.650. The Morgan fingerprint density at radius 3 is 2.19 bits per heavy atom. The van der Waals surface area contributed by atoms with E-state index in [0.717, 1.165) is 50.9 Å². The predicted molar refractivity (Wildman–Crippen MR) is 114 cm³/mol. The Balaban J connectivity index is 0.00000182. The van der Waals surface area contributed by atoms with Crippen molar-refractivity contribution < 1.29 is 9.53 Å². The number of nitrogens with one attached hydrogen (secondary N) is 1. The van der Waals surface area contributed by atoms with Crippen LogP contribution in [0.5, 0.6) is 0 Å². The lowest BCUT2D eigenvalue weighted by Gasteiger charge is -2.35. The van der Waals surface area contributed by atoms with Crippen LogP contribution in [0.15, 0.2) is 24.3 Å². The number of rotatable bonds is 4. The molecule has 3 rings (SSSR count). The molecule has 2 unspecified atom stereocenters. The summed E-state index contributed by atoms with van der Waals surface area (Å²) in [5.41, 5.74) is 7.90. The summed E-state index contributed by atoms with van der Waals surface area (Å²) >= 11 is 0. The molecule has 154 valence electrons. The van der Waals surface area contributed by atoms with Crippen LogP contribution in [0.4, 0.5) is 0 Å². The van der Waals surface area contributed by atoms with E-state index in [1.54, 1.807) is 0 Å². The molecule has 27 heavy (non-hydrogen) atoms. The van der Waals surface area contributed by atoms with Crippen molar-refractivity contribution in [3.8, 4) is 0 Å². The normalized spacial score (nSPS) is 28.6. The molecule has 1 saturated heterocycles. The second-order valence-electron chi connectivity index (χ2n) is 7.73. The lowest BCUT2D eigenvalue weighted by Crippen LogP contribution is -2.44. The number of nitrogens with zero attached hydrogens (tertiary/aromatic N) is 1. The maximum absolute atomic E-state index is 12.4. The van der Waals surface area contributed by atoms with Crippen LogP contribution >= 0.6 is 24.8 Å². The molecular formula is C20H33Cl2N3O2. The smallest absolute Gasteiger partial charge is 0.251 e. The van der Waals surface area contributed by atoms with Gasteiger partial charge in [-0.2, -0.15) is 0 Å². The predicted octanol–water partition coefficient (Wildman–Crippen LogP) is 3.14. The van der Waals surface area contributed by atoms with Gasteiger partial charge in [0.2, 0.25) is 0 Å². The molecule has 2 fully saturated rings. The Labute approximate surface area is 175 Å². The number of morpholine rings is 1. The minimum atomic E-state index is 0. The SMILES string of the molecule is CC1CN(Cc2ccc(C(=O)NC3CCC(N)CC3)cc2)CC(C)O1.Cl.Cl. The van der Waals surface area contributed by atoms with Crippen molar-refractivity contribution in [2.75, 3.05) is 13.1 Å². The maximum Gasteiger partial charge on any atom is 0.251 e. The summed E-state index contributed by atoms with van der Waals surface area (Å²) in [5, 5.41) is 3.15. The topological polar surface area (TPSA) is 67.6 Å². The first-order chi connectivity index (χ1) is 12.0. The number of hydrogen-bond acceptors (Lipinski definition) is 4. The summed E-state index contributed by atoms with van der Waals surface area (Å²) < 4.78 is 5.78. The van der Waals surface area contributed by atoms with Gasteiger partial charge in [0.25, 0.3) is 5.91 Å². The highest BCUT2D eigenvalue weighted by atomic mass is 35.5.